The van der Waals surface area contributed by atoms with Crippen LogP contribution in [0, 0.1) is 5.41 Å². The minimum absolute atomic E-state index is 0.341. The van der Waals surface area contributed by atoms with Crippen LogP contribution in [0.25, 0.3) is 0 Å². The zero-order valence-corrected chi connectivity index (χ0v) is 9.62. The third kappa shape index (κ3) is 2.83. The summed E-state index contributed by atoms with van der Waals surface area (Å²) >= 11 is 0. The van der Waals surface area contributed by atoms with Crippen LogP contribution in [0.3, 0.4) is 0 Å². The van der Waals surface area contributed by atoms with E-state index in [0.29, 0.717) is 11.8 Å². The highest BCUT2D eigenvalue weighted by Gasteiger charge is 2.14. The summed E-state index contributed by atoms with van der Waals surface area (Å²) < 4.78 is 5.88. The summed E-state index contributed by atoms with van der Waals surface area (Å²) in [7, 11) is 0. The predicted molar refractivity (Wildman–Crippen MR) is 65.5 cm³/mol. The van der Waals surface area contributed by atoms with Gasteiger partial charge in [0.15, 0.2) is 0 Å². The Bertz CT molecular complexity index is 353. The van der Waals surface area contributed by atoms with Crippen molar-refractivity contribution in [1.82, 2.24) is 5.32 Å². The molecule has 0 bridgehead atoms. The fourth-order valence-corrected chi connectivity index (χ4v) is 1.89. The van der Waals surface area contributed by atoms with E-state index in [9.17, 15) is 0 Å². The van der Waals surface area contributed by atoms with Crippen LogP contribution in [-0.2, 0) is 0 Å². The quantitative estimate of drug-likeness (QED) is 0.764. The molecule has 3 nitrogen and oxygen atoms in total. The fraction of sp³-hybridized carbons (Fsp3) is 0.462. The normalized spacial score (nSPS) is 17.1. The lowest BCUT2D eigenvalue weighted by atomic mass is 10.1. The van der Waals surface area contributed by atoms with Crippen LogP contribution in [0.4, 0.5) is 0 Å². The van der Waals surface area contributed by atoms with Crippen molar-refractivity contribution in [2.24, 2.45) is 0 Å². The third-order valence-corrected chi connectivity index (χ3v) is 2.88. The van der Waals surface area contributed by atoms with Gasteiger partial charge in [0.2, 0.25) is 0 Å². The summed E-state index contributed by atoms with van der Waals surface area (Å²) in [5.74, 6) is 0.914. The van der Waals surface area contributed by atoms with Gasteiger partial charge < -0.3 is 15.5 Å². The Morgan fingerprint density at radius 2 is 1.88 bits per heavy atom. The molecule has 1 aliphatic rings. The minimum Gasteiger partial charge on any atom is -0.490 e. The van der Waals surface area contributed by atoms with Gasteiger partial charge in [-0.2, -0.15) is 0 Å². The highest BCUT2D eigenvalue weighted by atomic mass is 16.5. The number of rotatable bonds is 3. The number of ether oxygens (including phenoxy) is 1. The Morgan fingerprint density at radius 3 is 2.44 bits per heavy atom. The zero-order chi connectivity index (χ0) is 11.4. The van der Waals surface area contributed by atoms with Crippen molar-refractivity contribution in [3.05, 3.63) is 29.8 Å². The third-order valence-electron chi connectivity index (χ3n) is 2.88. The molecule has 1 heterocycles. The summed E-state index contributed by atoms with van der Waals surface area (Å²) in [5.41, 5.74) is 1.55. The fourth-order valence-electron chi connectivity index (χ4n) is 1.89. The van der Waals surface area contributed by atoms with Gasteiger partial charge in [-0.1, -0.05) is 0 Å². The lowest BCUT2D eigenvalue weighted by molar-refractivity contribution is 0.162. The van der Waals surface area contributed by atoms with E-state index in [2.05, 4.69) is 5.32 Å². The molecule has 2 rings (SSSR count). The molecule has 0 spiro atoms. The number of hydrogen-bond acceptors (Lipinski definition) is 3. The highest BCUT2D eigenvalue weighted by Crippen LogP contribution is 2.17. The summed E-state index contributed by atoms with van der Waals surface area (Å²) in [4.78, 5) is 0. The molecule has 1 saturated heterocycles. The Hall–Kier alpha value is -1.35. The molecular weight excluding hydrogens is 200 g/mol. The lowest BCUT2D eigenvalue weighted by Crippen LogP contribution is -2.34. The zero-order valence-electron chi connectivity index (χ0n) is 9.62. The smallest absolute Gasteiger partial charge is 0.119 e. The number of hydrogen-bond donors (Lipinski definition) is 2. The second kappa shape index (κ2) is 5.12. The van der Waals surface area contributed by atoms with Gasteiger partial charge in [-0.25, -0.2) is 0 Å². The molecule has 0 atom stereocenters. The predicted octanol–water partition coefficient (Wildman–Crippen LogP) is 2.21. The first-order chi connectivity index (χ1) is 7.75. The van der Waals surface area contributed by atoms with Crippen molar-refractivity contribution in [2.45, 2.75) is 25.9 Å². The molecule has 0 unspecified atom stereocenters. The van der Waals surface area contributed by atoms with Crippen molar-refractivity contribution in [3.63, 3.8) is 0 Å². The van der Waals surface area contributed by atoms with E-state index in [1.165, 1.54) is 0 Å². The second-order valence-electron chi connectivity index (χ2n) is 4.22. The molecule has 3 heteroatoms. The maximum Gasteiger partial charge on any atom is 0.119 e. The Morgan fingerprint density at radius 1 is 1.25 bits per heavy atom. The maximum absolute atomic E-state index is 7.51. The monoisotopic (exact) mass is 218 g/mol. The summed E-state index contributed by atoms with van der Waals surface area (Å²) in [6, 6.07) is 7.79. The molecule has 0 aromatic heterocycles. The molecule has 0 aliphatic carbocycles. The summed E-state index contributed by atoms with van der Waals surface area (Å²) in [6.45, 7) is 3.88. The van der Waals surface area contributed by atoms with Gasteiger partial charge in [0, 0.05) is 5.71 Å². The van der Waals surface area contributed by atoms with E-state index in [1.54, 1.807) is 6.92 Å². The van der Waals surface area contributed by atoms with Gasteiger partial charge in [0.25, 0.3) is 0 Å². The van der Waals surface area contributed by atoms with Gasteiger partial charge in [-0.3, -0.25) is 0 Å². The SMILES string of the molecule is CC(=N)c1ccc(OC2CCNCC2)cc1. The van der Waals surface area contributed by atoms with Crippen LogP contribution in [0.15, 0.2) is 24.3 Å². The molecule has 0 saturated carbocycles. The topological polar surface area (TPSA) is 45.1 Å². The molecular formula is C13H18N2O. The van der Waals surface area contributed by atoms with Crippen molar-refractivity contribution in [3.8, 4) is 5.75 Å². The van der Waals surface area contributed by atoms with E-state index in [0.717, 1.165) is 37.2 Å². The Balaban J connectivity index is 1.96. The van der Waals surface area contributed by atoms with Crippen molar-refractivity contribution in [1.29, 1.82) is 5.41 Å². The van der Waals surface area contributed by atoms with Gasteiger partial charge in [0.1, 0.15) is 11.9 Å². The first-order valence-corrected chi connectivity index (χ1v) is 5.78. The molecule has 0 amide bonds. The van der Waals surface area contributed by atoms with Crippen LogP contribution < -0.4 is 10.1 Å². The van der Waals surface area contributed by atoms with Crippen LogP contribution in [0.2, 0.25) is 0 Å². The van der Waals surface area contributed by atoms with Crippen molar-refractivity contribution < 1.29 is 4.74 Å². The average Bonchev–Trinajstić information content (AvgIpc) is 2.31. The van der Waals surface area contributed by atoms with E-state index in [4.69, 9.17) is 10.1 Å². The maximum atomic E-state index is 7.51. The van der Waals surface area contributed by atoms with Crippen molar-refractivity contribution in [2.75, 3.05) is 13.1 Å². The van der Waals surface area contributed by atoms with Gasteiger partial charge in [-0.15, -0.1) is 0 Å². The molecule has 86 valence electrons. The largest absolute Gasteiger partial charge is 0.490 e. The average molecular weight is 218 g/mol. The standard InChI is InChI=1S/C13H18N2O/c1-10(14)11-2-4-12(5-3-11)16-13-6-8-15-9-7-13/h2-5,13-15H,6-9H2,1H3. The van der Waals surface area contributed by atoms with E-state index < -0.39 is 0 Å². The first kappa shape index (κ1) is 11.1. The van der Waals surface area contributed by atoms with Gasteiger partial charge in [-0.05, 0) is 62.7 Å². The van der Waals surface area contributed by atoms with E-state index in [-0.39, 0.29) is 0 Å². The minimum atomic E-state index is 0.341. The van der Waals surface area contributed by atoms with Crippen LogP contribution in [0.1, 0.15) is 25.3 Å². The summed E-state index contributed by atoms with van der Waals surface area (Å²) in [5, 5.41) is 10.8. The number of benzene rings is 1. The molecule has 0 radical (unpaired) electrons. The van der Waals surface area contributed by atoms with Crippen LogP contribution >= 0.6 is 0 Å². The number of piperidine rings is 1. The first-order valence-electron chi connectivity index (χ1n) is 5.78. The summed E-state index contributed by atoms with van der Waals surface area (Å²) in [6.07, 6.45) is 2.49. The molecule has 2 N–H and O–H groups in total. The highest BCUT2D eigenvalue weighted by molar-refractivity contribution is 5.96. The van der Waals surface area contributed by atoms with E-state index in [1.807, 2.05) is 24.3 Å². The second-order valence-corrected chi connectivity index (χ2v) is 4.22. The van der Waals surface area contributed by atoms with Crippen molar-refractivity contribution >= 4 is 5.71 Å². The molecule has 1 aliphatic heterocycles. The Kier molecular flexibility index (Phi) is 3.57. The molecule has 1 aromatic carbocycles. The Labute approximate surface area is 96.3 Å². The van der Waals surface area contributed by atoms with Gasteiger partial charge >= 0.3 is 0 Å². The van der Waals surface area contributed by atoms with Gasteiger partial charge in [0.05, 0.1) is 0 Å². The van der Waals surface area contributed by atoms with Crippen LogP contribution in [-0.4, -0.2) is 24.9 Å². The van der Waals surface area contributed by atoms with Crippen LogP contribution in [0.5, 0.6) is 5.75 Å². The molecule has 1 aromatic rings. The molecule has 1 fully saturated rings. The molecule has 16 heavy (non-hydrogen) atoms. The van der Waals surface area contributed by atoms with E-state index >= 15 is 0 Å². The lowest BCUT2D eigenvalue weighted by Gasteiger charge is -2.23. The number of nitrogens with one attached hydrogen (secondary N) is 2.